The van der Waals surface area contributed by atoms with E-state index in [9.17, 15) is 8.42 Å². The first kappa shape index (κ1) is 22.1. The van der Waals surface area contributed by atoms with E-state index in [1.165, 1.54) is 10.6 Å². The number of aromatic nitrogens is 2. The van der Waals surface area contributed by atoms with Crippen LogP contribution in [-0.2, 0) is 10.0 Å². The second kappa shape index (κ2) is 8.79. The number of anilines is 1. The van der Waals surface area contributed by atoms with Gasteiger partial charge in [-0.15, -0.1) is 0 Å². The van der Waals surface area contributed by atoms with Crippen LogP contribution in [0.1, 0.15) is 5.56 Å². The second-order valence-electron chi connectivity index (χ2n) is 7.44. The average Bonchev–Trinajstić information content (AvgIpc) is 2.82. The summed E-state index contributed by atoms with van der Waals surface area (Å²) in [6.07, 6.45) is 1.48. The van der Waals surface area contributed by atoms with Crippen molar-refractivity contribution in [2.45, 2.75) is 11.8 Å². The number of sulfonamides is 1. The predicted octanol–water partition coefficient (Wildman–Crippen LogP) is 2.47. The summed E-state index contributed by atoms with van der Waals surface area (Å²) in [5.41, 5.74) is 1.67. The number of benzene rings is 2. The van der Waals surface area contributed by atoms with Gasteiger partial charge in [-0.3, -0.25) is 0 Å². The second-order valence-corrected chi connectivity index (χ2v) is 9.38. The minimum Gasteiger partial charge on any atom is -0.493 e. The lowest BCUT2D eigenvalue weighted by Gasteiger charge is -2.35. The number of ether oxygens (including phenoxy) is 3. The summed E-state index contributed by atoms with van der Waals surface area (Å²) >= 11 is 0. The van der Waals surface area contributed by atoms with Crippen LogP contribution in [0.25, 0.3) is 10.9 Å². The maximum Gasteiger partial charge on any atom is 0.243 e. The van der Waals surface area contributed by atoms with E-state index in [1.54, 1.807) is 39.5 Å². The van der Waals surface area contributed by atoms with E-state index in [-0.39, 0.29) is 0 Å². The molecule has 1 aromatic heterocycles. The topological polar surface area (TPSA) is 94.1 Å². The zero-order valence-corrected chi connectivity index (χ0v) is 19.3. The summed E-state index contributed by atoms with van der Waals surface area (Å²) < 4.78 is 44.2. The van der Waals surface area contributed by atoms with Crippen LogP contribution in [0.4, 0.5) is 5.82 Å². The van der Waals surface area contributed by atoms with E-state index in [2.05, 4.69) is 9.97 Å². The lowest BCUT2D eigenvalue weighted by atomic mass is 10.1. The van der Waals surface area contributed by atoms with Crippen molar-refractivity contribution in [2.75, 3.05) is 52.4 Å². The fraction of sp³-hybridized carbons (Fsp3) is 0.364. The van der Waals surface area contributed by atoms with Gasteiger partial charge in [0.1, 0.15) is 12.1 Å². The normalized spacial score (nSPS) is 15.1. The van der Waals surface area contributed by atoms with E-state index in [1.807, 2.05) is 24.0 Å². The van der Waals surface area contributed by atoms with Gasteiger partial charge in [0.25, 0.3) is 0 Å². The van der Waals surface area contributed by atoms with E-state index in [0.29, 0.717) is 65.0 Å². The fourth-order valence-electron chi connectivity index (χ4n) is 3.91. The Bertz CT molecular complexity index is 1220. The summed E-state index contributed by atoms with van der Waals surface area (Å²) in [4.78, 5) is 11.2. The van der Waals surface area contributed by atoms with Crippen molar-refractivity contribution in [3.8, 4) is 17.2 Å². The quantitative estimate of drug-likeness (QED) is 0.556. The Kier molecular flexibility index (Phi) is 6.07. The summed E-state index contributed by atoms with van der Waals surface area (Å²) in [5.74, 6) is 2.11. The van der Waals surface area contributed by atoms with Crippen molar-refractivity contribution in [3.05, 3.63) is 42.2 Å². The highest BCUT2D eigenvalue weighted by molar-refractivity contribution is 7.89. The third kappa shape index (κ3) is 3.80. The lowest BCUT2D eigenvalue weighted by molar-refractivity contribution is 0.327. The molecule has 1 aliphatic heterocycles. The molecule has 0 radical (unpaired) electrons. The number of fused-ring (bicyclic) bond motifs is 1. The van der Waals surface area contributed by atoms with Gasteiger partial charge < -0.3 is 19.1 Å². The van der Waals surface area contributed by atoms with Gasteiger partial charge in [0.2, 0.25) is 15.8 Å². The number of methoxy groups -OCH3 is 3. The van der Waals surface area contributed by atoms with E-state index >= 15 is 0 Å². The Morgan fingerprint density at radius 2 is 1.53 bits per heavy atom. The lowest BCUT2D eigenvalue weighted by Crippen LogP contribution is -2.49. The van der Waals surface area contributed by atoms with Crippen LogP contribution < -0.4 is 19.1 Å². The molecule has 1 saturated heterocycles. The molecule has 2 aromatic carbocycles. The van der Waals surface area contributed by atoms with Crippen LogP contribution in [0.5, 0.6) is 17.2 Å². The minimum absolute atomic E-state index is 0.308. The molecule has 0 bridgehead atoms. The Morgan fingerprint density at radius 3 is 2.12 bits per heavy atom. The number of rotatable bonds is 6. The summed E-state index contributed by atoms with van der Waals surface area (Å²) in [6, 6.07) is 8.70. The van der Waals surface area contributed by atoms with Gasteiger partial charge in [0.05, 0.1) is 37.1 Å². The molecule has 32 heavy (non-hydrogen) atoms. The number of nitrogens with zero attached hydrogens (tertiary/aromatic N) is 4. The van der Waals surface area contributed by atoms with Crippen LogP contribution in [-0.4, -0.2) is 70.2 Å². The maximum atomic E-state index is 13.0. The van der Waals surface area contributed by atoms with Crippen molar-refractivity contribution in [2.24, 2.45) is 0 Å². The summed E-state index contributed by atoms with van der Waals surface area (Å²) in [7, 11) is 1.11. The van der Waals surface area contributed by atoms with Gasteiger partial charge in [-0.25, -0.2) is 18.4 Å². The van der Waals surface area contributed by atoms with Crippen LogP contribution in [0.15, 0.2) is 41.6 Å². The molecular weight excluding hydrogens is 432 g/mol. The molecule has 10 heteroatoms. The molecule has 0 unspecified atom stereocenters. The minimum atomic E-state index is -3.55. The molecule has 0 amide bonds. The van der Waals surface area contributed by atoms with Gasteiger partial charge in [-0.1, -0.05) is 17.7 Å². The molecular formula is C22H26N4O5S. The molecule has 3 aromatic rings. The standard InChI is InChI=1S/C22H26N4O5S/c1-15-5-7-16(8-6-15)32(27,28)26-11-9-25(10-12-26)22-19-17(23-14-24-22)13-18(29-2)20(30-3)21(19)31-4/h5-8,13-14H,9-12H2,1-4H3. The number of hydrogen-bond donors (Lipinski definition) is 0. The highest BCUT2D eigenvalue weighted by Crippen LogP contribution is 2.45. The van der Waals surface area contributed by atoms with Crippen LogP contribution in [0.2, 0.25) is 0 Å². The van der Waals surface area contributed by atoms with Gasteiger partial charge in [-0.2, -0.15) is 4.31 Å². The highest BCUT2D eigenvalue weighted by atomic mass is 32.2. The van der Waals surface area contributed by atoms with Crippen molar-refractivity contribution in [1.29, 1.82) is 0 Å². The van der Waals surface area contributed by atoms with Crippen molar-refractivity contribution in [1.82, 2.24) is 14.3 Å². The van der Waals surface area contributed by atoms with Crippen molar-refractivity contribution in [3.63, 3.8) is 0 Å². The predicted molar refractivity (Wildman–Crippen MR) is 121 cm³/mol. The molecule has 1 aliphatic rings. The number of hydrogen-bond acceptors (Lipinski definition) is 8. The van der Waals surface area contributed by atoms with E-state index in [4.69, 9.17) is 14.2 Å². The molecule has 2 heterocycles. The van der Waals surface area contributed by atoms with E-state index < -0.39 is 10.0 Å². The fourth-order valence-corrected chi connectivity index (χ4v) is 5.33. The molecule has 9 nitrogen and oxygen atoms in total. The first-order valence-corrected chi connectivity index (χ1v) is 11.6. The molecule has 0 saturated carbocycles. The molecule has 4 rings (SSSR count). The first-order valence-electron chi connectivity index (χ1n) is 10.2. The average molecular weight is 459 g/mol. The molecule has 0 spiro atoms. The van der Waals surface area contributed by atoms with Crippen molar-refractivity contribution >= 4 is 26.7 Å². The Hall–Kier alpha value is -3.11. The molecule has 170 valence electrons. The Balaban J connectivity index is 1.65. The maximum absolute atomic E-state index is 13.0. The molecule has 0 N–H and O–H groups in total. The Labute approximate surface area is 187 Å². The van der Waals surface area contributed by atoms with Gasteiger partial charge in [-0.05, 0) is 19.1 Å². The van der Waals surface area contributed by atoms with Gasteiger partial charge >= 0.3 is 0 Å². The van der Waals surface area contributed by atoms with Gasteiger partial charge in [0.15, 0.2) is 11.5 Å². The summed E-state index contributed by atoms with van der Waals surface area (Å²) in [5, 5.41) is 0.697. The number of piperazine rings is 1. The first-order chi connectivity index (χ1) is 15.4. The van der Waals surface area contributed by atoms with Crippen molar-refractivity contribution < 1.29 is 22.6 Å². The largest absolute Gasteiger partial charge is 0.493 e. The van der Waals surface area contributed by atoms with Crippen LogP contribution >= 0.6 is 0 Å². The smallest absolute Gasteiger partial charge is 0.243 e. The molecule has 0 atom stereocenters. The molecule has 0 aliphatic carbocycles. The van der Waals surface area contributed by atoms with Gasteiger partial charge in [0, 0.05) is 32.2 Å². The third-order valence-corrected chi connectivity index (χ3v) is 7.52. The zero-order valence-electron chi connectivity index (χ0n) is 18.5. The highest BCUT2D eigenvalue weighted by Gasteiger charge is 2.30. The zero-order chi connectivity index (χ0) is 22.9. The van der Waals surface area contributed by atoms with E-state index in [0.717, 1.165) is 5.56 Å². The summed E-state index contributed by atoms with van der Waals surface area (Å²) in [6.45, 7) is 3.58. The SMILES string of the molecule is COc1cc2ncnc(N3CCN(S(=O)(=O)c4ccc(C)cc4)CC3)c2c(OC)c1OC. The monoisotopic (exact) mass is 458 g/mol. The Morgan fingerprint density at radius 1 is 0.875 bits per heavy atom. The van der Waals surface area contributed by atoms with Crippen LogP contribution in [0, 0.1) is 6.92 Å². The third-order valence-electron chi connectivity index (χ3n) is 5.61. The molecule has 1 fully saturated rings. The van der Waals surface area contributed by atoms with Crippen LogP contribution in [0.3, 0.4) is 0 Å². The number of aryl methyl sites for hydroxylation is 1.